The molecule has 0 aromatic heterocycles. The number of hydrogen-bond acceptors (Lipinski definition) is 3. The van der Waals surface area contributed by atoms with Crippen molar-refractivity contribution in [2.45, 2.75) is 44.6 Å². The zero-order valence-electron chi connectivity index (χ0n) is 10.7. The highest BCUT2D eigenvalue weighted by Gasteiger charge is 2.42. The molecule has 1 heterocycles. The van der Waals surface area contributed by atoms with Crippen LogP contribution in [0.3, 0.4) is 0 Å². The molecule has 0 bridgehead atoms. The molecule has 0 atom stereocenters. The van der Waals surface area contributed by atoms with Crippen LogP contribution >= 0.6 is 0 Å². The smallest absolute Gasteiger partial charge is 0.310 e. The summed E-state index contributed by atoms with van der Waals surface area (Å²) >= 11 is 0. The van der Waals surface area contributed by atoms with E-state index in [1.54, 1.807) is 0 Å². The summed E-state index contributed by atoms with van der Waals surface area (Å²) in [7, 11) is 2.07. The Hall–Kier alpha value is -0.610. The minimum atomic E-state index is -0.603. The van der Waals surface area contributed by atoms with Crippen LogP contribution in [0.4, 0.5) is 0 Å². The lowest BCUT2D eigenvalue weighted by Gasteiger charge is -2.36. The van der Waals surface area contributed by atoms with Crippen molar-refractivity contribution in [3.05, 3.63) is 0 Å². The van der Waals surface area contributed by atoms with Gasteiger partial charge >= 0.3 is 5.97 Å². The molecule has 2 rings (SSSR count). The van der Waals surface area contributed by atoms with E-state index in [2.05, 4.69) is 11.9 Å². The fraction of sp³-hybridized carbons (Fsp3) is 0.923. The average molecular weight is 241 g/mol. The van der Waals surface area contributed by atoms with Crippen molar-refractivity contribution in [3.63, 3.8) is 0 Å². The molecule has 1 saturated carbocycles. The Kier molecular flexibility index (Phi) is 4.05. The van der Waals surface area contributed by atoms with Crippen molar-refractivity contribution in [1.82, 2.24) is 4.90 Å². The number of carbonyl (C=O) groups is 1. The van der Waals surface area contributed by atoms with Crippen molar-refractivity contribution in [2.24, 2.45) is 5.41 Å². The summed E-state index contributed by atoms with van der Waals surface area (Å²) < 4.78 is 5.35. The van der Waals surface area contributed by atoms with Crippen LogP contribution in [0, 0.1) is 5.41 Å². The van der Waals surface area contributed by atoms with Crippen molar-refractivity contribution >= 4 is 5.97 Å². The lowest BCUT2D eigenvalue weighted by atomic mass is 9.85. The van der Waals surface area contributed by atoms with Crippen molar-refractivity contribution < 1.29 is 14.6 Å². The van der Waals surface area contributed by atoms with Crippen LogP contribution in [-0.2, 0) is 9.53 Å². The predicted molar refractivity (Wildman–Crippen MR) is 65.0 cm³/mol. The van der Waals surface area contributed by atoms with E-state index in [0.29, 0.717) is 12.6 Å². The molecule has 0 unspecified atom stereocenters. The fourth-order valence-electron chi connectivity index (χ4n) is 3.22. The molecule has 98 valence electrons. The van der Waals surface area contributed by atoms with E-state index in [1.807, 2.05) is 0 Å². The maximum absolute atomic E-state index is 11.5. The zero-order valence-corrected chi connectivity index (χ0v) is 10.7. The zero-order chi connectivity index (χ0) is 12.3. The minimum absolute atomic E-state index is 0.479. The second-order valence-electron chi connectivity index (χ2n) is 5.55. The summed E-state index contributed by atoms with van der Waals surface area (Å²) in [4.78, 5) is 13.7. The molecule has 0 aromatic carbocycles. The van der Waals surface area contributed by atoms with E-state index in [1.165, 1.54) is 0 Å². The summed E-state index contributed by atoms with van der Waals surface area (Å²) in [6.07, 6.45) is 5.88. The van der Waals surface area contributed by atoms with Gasteiger partial charge in [0.2, 0.25) is 0 Å². The second kappa shape index (κ2) is 5.36. The third kappa shape index (κ3) is 2.80. The molecule has 17 heavy (non-hydrogen) atoms. The van der Waals surface area contributed by atoms with E-state index < -0.39 is 11.4 Å². The minimum Gasteiger partial charge on any atom is -0.481 e. The highest BCUT2D eigenvalue weighted by molar-refractivity contribution is 5.75. The Morgan fingerprint density at radius 3 is 2.47 bits per heavy atom. The van der Waals surface area contributed by atoms with Crippen LogP contribution in [0.15, 0.2) is 0 Å². The number of ether oxygens (including phenoxy) is 1. The molecular weight excluding hydrogens is 218 g/mol. The summed E-state index contributed by atoms with van der Waals surface area (Å²) in [5, 5.41) is 9.46. The first-order chi connectivity index (χ1) is 8.14. The molecule has 4 heteroatoms. The number of hydrogen-bond donors (Lipinski definition) is 1. The van der Waals surface area contributed by atoms with Gasteiger partial charge in [-0.05, 0) is 32.7 Å². The maximum atomic E-state index is 11.5. The summed E-state index contributed by atoms with van der Waals surface area (Å²) in [6, 6.07) is 0.501. The number of aliphatic carboxylic acids is 1. The molecule has 1 N–H and O–H groups in total. The standard InChI is InChI=1S/C13H23NO3/c1-14(11-4-8-17-9-5-11)10-13(12(15)16)6-2-3-7-13/h11H,2-10H2,1H3,(H,15,16). The first kappa shape index (κ1) is 12.8. The number of carboxylic acid groups (broad SMARTS) is 1. The highest BCUT2D eigenvalue weighted by Crippen LogP contribution is 2.39. The van der Waals surface area contributed by atoms with Crippen LogP contribution in [0.25, 0.3) is 0 Å². The Labute approximate surface area is 103 Å². The maximum Gasteiger partial charge on any atom is 0.310 e. The average Bonchev–Trinajstić information content (AvgIpc) is 2.80. The highest BCUT2D eigenvalue weighted by atomic mass is 16.5. The molecule has 1 aliphatic heterocycles. The quantitative estimate of drug-likeness (QED) is 0.814. The van der Waals surface area contributed by atoms with Crippen molar-refractivity contribution in [3.8, 4) is 0 Å². The second-order valence-corrected chi connectivity index (χ2v) is 5.55. The van der Waals surface area contributed by atoms with Crippen LogP contribution < -0.4 is 0 Å². The van der Waals surface area contributed by atoms with E-state index in [0.717, 1.165) is 51.7 Å². The lowest BCUT2D eigenvalue weighted by Crippen LogP contribution is -2.45. The normalized spacial score (nSPS) is 25.3. The molecule has 4 nitrogen and oxygen atoms in total. The van der Waals surface area contributed by atoms with Gasteiger partial charge in [-0.1, -0.05) is 12.8 Å². The first-order valence-electron chi connectivity index (χ1n) is 6.65. The number of rotatable bonds is 4. The molecule has 0 amide bonds. The molecule has 2 fully saturated rings. The summed E-state index contributed by atoms with van der Waals surface area (Å²) in [5.41, 5.74) is -0.479. The largest absolute Gasteiger partial charge is 0.481 e. The Bertz CT molecular complexity index is 268. The molecule has 2 aliphatic rings. The van der Waals surface area contributed by atoms with Gasteiger partial charge in [0.25, 0.3) is 0 Å². The molecule has 1 aliphatic carbocycles. The molecule has 0 radical (unpaired) electrons. The topological polar surface area (TPSA) is 49.8 Å². The Balaban J connectivity index is 1.95. The van der Waals surface area contributed by atoms with Gasteiger partial charge in [0.1, 0.15) is 0 Å². The van der Waals surface area contributed by atoms with Crippen molar-refractivity contribution in [2.75, 3.05) is 26.8 Å². The van der Waals surface area contributed by atoms with Crippen LogP contribution in [-0.4, -0.2) is 48.8 Å². The van der Waals surface area contributed by atoms with Crippen molar-refractivity contribution in [1.29, 1.82) is 0 Å². The SMILES string of the molecule is CN(CC1(C(=O)O)CCCC1)C1CCOCC1. The summed E-state index contributed by atoms with van der Waals surface area (Å²) in [5.74, 6) is -0.603. The van der Waals surface area contributed by atoms with Crippen LogP contribution in [0.2, 0.25) is 0 Å². The monoisotopic (exact) mass is 241 g/mol. The lowest BCUT2D eigenvalue weighted by molar-refractivity contribution is -0.150. The van der Waals surface area contributed by atoms with Gasteiger partial charge in [0.05, 0.1) is 5.41 Å². The van der Waals surface area contributed by atoms with Gasteiger partial charge < -0.3 is 14.7 Å². The Morgan fingerprint density at radius 2 is 1.94 bits per heavy atom. The molecule has 0 spiro atoms. The van der Waals surface area contributed by atoms with E-state index in [-0.39, 0.29) is 0 Å². The fourth-order valence-corrected chi connectivity index (χ4v) is 3.22. The van der Waals surface area contributed by atoms with Crippen LogP contribution in [0.1, 0.15) is 38.5 Å². The number of carboxylic acids is 1. The number of nitrogens with zero attached hydrogens (tertiary/aromatic N) is 1. The third-order valence-corrected chi connectivity index (χ3v) is 4.38. The van der Waals surface area contributed by atoms with Gasteiger partial charge in [-0.15, -0.1) is 0 Å². The predicted octanol–water partition coefficient (Wildman–Crippen LogP) is 1.74. The van der Waals surface area contributed by atoms with Crippen LogP contribution in [0.5, 0.6) is 0 Å². The summed E-state index contributed by atoms with van der Waals surface area (Å²) in [6.45, 7) is 2.33. The van der Waals surface area contributed by atoms with E-state index in [4.69, 9.17) is 4.74 Å². The van der Waals surface area contributed by atoms with Gasteiger partial charge in [0.15, 0.2) is 0 Å². The van der Waals surface area contributed by atoms with E-state index >= 15 is 0 Å². The molecule has 0 aromatic rings. The molecule has 1 saturated heterocycles. The van der Waals surface area contributed by atoms with E-state index in [9.17, 15) is 9.90 Å². The molecular formula is C13H23NO3. The third-order valence-electron chi connectivity index (χ3n) is 4.38. The first-order valence-corrected chi connectivity index (χ1v) is 6.65. The van der Waals surface area contributed by atoms with Gasteiger partial charge in [0, 0.05) is 25.8 Å². The van der Waals surface area contributed by atoms with Gasteiger partial charge in [-0.25, -0.2) is 0 Å². The van der Waals surface area contributed by atoms with Gasteiger partial charge in [-0.2, -0.15) is 0 Å². The van der Waals surface area contributed by atoms with Gasteiger partial charge in [-0.3, -0.25) is 4.79 Å². The Morgan fingerprint density at radius 1 is 1.35 bits per heavy atom.